The van der Waals surface area contributed by atoms with Crippen molar-refractivity contribution in [1.29, 1.82) is 0 Å². The van der Waals surface area contributed by atoms with Crippen molar-refractivity contribution in [2.24, 2.45) is 5.92 Å². The maximum atomic E-state index is 12.0. The molecule has 1 unspecified atom stereocenters. The fourth-order valence-electron chi connectivity index (χ4n) is 1.53. The Bertz CT molecular complexity index is 387. The SMILES string of the molecule is CC(C)COCCOC(C)C(=O)c1ccc(Br)cc1. The van der Waals surface area contributed by atoms with E-state index in [4.69, 9.17) is 9.47 Å². The number of hydrogen-bond acceptors (Lipinski definition) is 3. The molecule has 1 aromatic rings. The highest BCUT2D eigenvalue weighted by Crippen LogP contribution is 2.12. The first-order valence-corrected chi connectivity index (χ1v) is 7.29. The van der Waals surface area contributed by atoms with Crippen molar-refractivity contribution in [1.82, 2.24) is 0 Å². The van der Waals surface area contributed by atoms with Crippen LogP contribution in [0.25, 0.3) is 0 Å². The van der Waals surface area contributed by atoms with Gasteiger partial charge in [0.2, 0.25) is 0 Å². The number of Topliss-reactive ketones (excluding diaryl/α,β-unsaturated/α-hetero) is 1. The molecule has 106 valence electrons. The molecule has 19 heavy (non-hydrogen) atoms. The Labute approximate surface area is 123 Å². The molecule has 0 aliphatic rings. The average Bonchev–Trinajstić information content (AvgIpc) is 2.37. The number of hydrogen-bond donors (Lipinski definition) is 0. The van der Waals surface area contributed by atoms with E-state index < -0.39 is 6.10 Å². The highest BCUT2D eigenvalue weighted by Gasteiger charge is 2.15. The smallest absolute Gasteiger partial charge is 0.191 e. The van der Waals surface area contributed by atoms with Crippen LogP contribution in [0.5, 0.6) is 0 Å². The molecular formula is C15H21BrO3. The minimum absolute atomic E-state index is 0.00337. The predicted molar refractivity (Wildman–Crippen MR) is 79.5 cm³/mol. The van der Waals surface area contributed by atoms with E-state index in [1.807, 2.05) is 12.1 Å². The molecule has 0 spiro atoms. The van der Waals surface area contributed by atoms with Gasteiger partial charge in [0.05, 0.1) is 13.2 Å². The quantitative estimate of drug-likeness (QED) is 0.539. The van der Waals surface area contributed by atoms with Gasteiger partial charge < -0.3 is 9.47 Å². The summed E-state index contributed by atoms with van der Waals surface area (Å²) in [5.74, 6) is 0.512. The van der Waals surface area contributed by atoms with Crippen LogP contribution in [-0.4, -0.2) is 31.7 Å². The highest BCUT2D eigenvalue weighted by molar-refractivity contribution is 9.10. The lowest BCUT2D eigenvalue weighted by molar-refractivity contribution is 0.00970. The number of carbonyl (C=O) groups excluding carboxylic acids is 1. The Kier molecular flexibility index (Phi) is 7.28. The molecule has 0 fully saturated rings. The molecule has 0 radical (unpaired) electrons. The van der Waals surface area contributed by atoms with E-state index in [-0.39, 0.29) is 5.78 Å². The molecule has 0 N–H and O–H groups in total. The second-order valence-electron chi connectivity index (χ2n) is 4.85. The predicted octanol–water partition coefficient (Wildman–Crippen LogP) is 3.71. The van der Waals surface area contributed by atoms with Gasteiger partial charge in [-0.05, 0) is 25.0 Å². The van der Waals surface area contributed by atoms with Gasteiger partial charge >= 0.3 is 0 Å². The molecule has 0 aliphatic carbocycles. The van der Waals surface area contributed by atoms with Crippen molar-refractivity contribution in [3.05, 3.63) is 34.3 Å². The van der Waals surface area contributed by atoms with Gasteiger partial charge in [0.1, 0.15) is 6.10 Å². The summed E-state index contributed by atoms with van der Waals surface area (Å²) < 4.78 is 11.8. The number of rotatable bonds is 8. The van der Waals surface area contributed by atoms with Gasteiger partial charge in [-0.25, -0.2) is 0 Å². The standard InChI is InChI=1S/C15H21BrO3/c1-11(2)10-18-8-9-19-12(3)15(17)13-4-6-14(16)7-5-13/h4-7,11-12H,8-10H2,1-3H3. The van der Waals surface area contributed by atoms with Crippen LogP contribution >= 0.6 is 15.9 Å². The summed E-state index contributed by atoms with van der Waals surface area (Å²) in [4.78, 5) is 12.0. The molecule has 0 aromatic heterocycles. The first-order chi connectivity index (χ1) is 9.00. The van der Waals surface area contributed by atoms with Gasteiger partial charge in [0.15, 0.2) is 5.78 Å². The lowest BCUT2D eigenvalue weighted by atomic mass is 10.1. The first kappa shape index (κ1) is 16.3. The summed E-state index contributed by atoms with van der Waals surface area (Å²) in [7, 11) is 0. The Morgan fingerprint density at radius 2 is 1.79 bits per heavy atom. The summed E-state index contributed by atoms with van der Waals surface area (Å²) in [5, 5.41) is 0. The third-order valence-electron chi connectivity index (χ3n) is 2.54. The largest absolute Gasteiger partial charge is 0.379 e. The van der Waals surface area contributed by atoms with Gasteiger partial charge in [0, 0.05) is 16.6 Å². The van der Waals surface area contributed by atoms with Crippen LogP contribution in [-0.2, 0) is 9.47 Å². The second-order valence-corrected chi connectivity index (χ2v) is 5.77. The molecule has 0 heterocycles. The molecule has 0 aliphatic heterocycles. The Morgan fingerprint density at radius 1 is 1.16 bits per heavy atom. The van der Waals surface area contributed by atoms with Crippen LogP contribution in [0.1, 0.15) is 31.1 Å². The minimum atomic E-state index is -0.441. The van der Waals surface area contributed by atoms with Gasteiger partial charge in [-0.1, -0.05) is 41.9 Å². The summed E-state index contributed by atoms with van der Waals surface area (Å²) in [6.45, 7) is 7.65. The molecule has 1 atom stereocenters. The number of ether oxygens (including phenoxy) is 2. The third-order valence-corrected chi connectivity index (χ3v) is 3.07. The zero-order valence-electron chi connectivity index (χ0n) is 11.7. The maximum absolute atomic E-state index is 12.0. The minimum Gasteiger partial charge on any atom is -0.379 e. The number of benzene rings is 1. The van der Waals surface area contributed by atoms with Crippen molar-refractivity contribution in [3.63, 3.8) is 0 Å². The molecule has 0 saturated carbocycles. The summed E-state index contributed by atoms with van der Waals surface area (Å²) in [6.07, 6.45) is -0.441. The highest BCUT2D eigenvalue weighted by atomic mass is 79.9. The van der Waals surface area contributed by atoms with Crippen LogP contribution in [0.3, 0.4) is 0 Å². The normalized spacial score (nSPS) is 12.7. The molecule has 3 nitrogen and oxygen atoms in total. The number of ketones is 1. The Hall–Kier alpha value is -0.710. The fraction of sp³-hybridized carbons (Fsp3) is 0.533. The molecule has 1 rings (SSSR count). The van der Waals surface area contributed by atoms with E-state index in [2.05, 4.69) is 29.8 Å². The van der Waals surface area contributed by atoms with Crippen LogP contribution < -0.4 is 0 Å². The van der Waals surface area contributed by atoms with E-state index in [0.29, 0.717) is 24.7 Å². The first-order valence-electron chi connectivity index (χ1n) is 6.50. The van der Waals surface area contributed by atoms with Gasteiger partial charge in [-0.15, -0.1) is 0 Å². The molecule has 4 heteroatoms. The van der Waals surface area contributed by atoms with Crippen LogP contribution in [0.2, 0.25) is 0 Å². The van der Waals surface area contributed by atoms with Crippen molar-refractivity contribution < 1.29 is 14.3 Å². The van der Waals surface area contributed by atoms with E-state index >= 15 is 0 Å². The topological polar surface area (TPSA) is 35.5 Å². The summed E-state index contributed by atoms with van der Waals surface area (Å²) >= 11 is 3.34. The van der Waals surface area contributed by atoms with Crippen LogP contribution in [0.15, 0.2) is 28.7 Å². The van der Waals surface area contributed by atoms with Gasteiger partial charge in [-0.3, -0.25) is 4.79 Å². The van der Waals surface area contributed by atoms with E-state index in [9.17, 15) is 4.79 Å². The summed E-state index contributed by atoms with van der Waals surface area (Å²) in [5.41, 5.74) is 0.666. The fourth-order valence-corrected chi connectivity index (χ4v) is 1.79. The van der Waals surface area contributed by atoms with Crippen molar-refractivity contribution in [2.45, 2.75) is 26.9 Å². The average molecular weight is 329 g/mol. The van der Waals surface area contributed by atoms with Crippen LogP contribution in [0.4, 0.5) is 0 Å². The summed E-state index contributed by atoms with van der Waals surface area (Å²) in [6, 6.07) is 7.29. The van der Waals surface area contributed by atoms with Crippen molar-refractivity contribution >= 4 is 21.7 Å². The van der Waals surface area contributed by atoms with E-state index in [0.717, 1.165) is 11.1 Å². The molecule has 1 aromatic carbocycles. The van der Waals surface area contributed by atoms with Gasteiger partial charge in [0.25, 0.3) is 0 Å². The zero-order valence-corrected chi connectivity index (χ0v) is 13.3. The maximum Gasteiger partial charge on any atom is 0.191 e. The van der Waals surface area contributed by atoms with Crippen molar-refractivity contribution in [2.75, 3.05) is 19.8 Å². The van der Waals surface area contributed by atoms with E-state index in [1.165, 1.54) is 0 Å². The number of halogens is 1. The van der Waals surface area contributed by atoms with E-state index in [1.54, 1.807) is 19.1 Å². The Morgan fingerprint density at radius 3 is 2.37 bits per heavy atom. The van der Waals surface area contributed by atoms with Crippen LogP contribution in [0, 0.1) is 5.92 Å². The Balaban J connectivity index is 2.31. The third kappa shape index (κ3) is 6.32. The molecule has 0 amide bonds. The van der Waals surface area contributed by atoms with Crippen molar-refractivity contribution in [3.8, 4) is 0 Å². The lowest BCUT2D eigenvalue weighted by Gasteiger charge is -2.13. The molecule has 0 bridgehead atoms. The monoisotopic (exact) mass is 328 g/mol. The molecular weight excluding hydrogens is 308 g/mol. The lowest BCUT2D eigenvalue weighted by Crippen LogP contribution is -2.23. The zero-order chi connectivity index (χ0) is 14.3. The second kappa shape index (κ2) is 8.46. The molecule has 0 saturated heterocycles. The number of carbonyl (C=O) groups is 1. The van der Waals surface area contributed by atoms with Gasteiger partial charge in [-0.2, -0.15) is 0 Å².